The van der Waals surface area contributed by atoms with Crippen LogP contribution in [0.25, 0.3) is 6.08 Å². The van der Waals surface area contributed by atoms with E-state index in [1.165, 1.54) is 0 Å². The van der Waals surface area contributed by atoms with Crippen molar-refractivity contribution in [1.82, 2.24) is 4.90 Å². The number of allylic oxidation sites excluding steroid dienone is 1. The fourth-order valence-electron chi connectivity index (χ4n) is 4.11. The molecule has 33 heavy (non-hydrogen) atoms. The lowest BCUT2D eigenvalue weighted by Crippen LogP contribution is -2.41. The fourth-order valence-corrected chi connectivity index (χ4v) is 4.11. The SMILES string of the molecule is CCOC(=O)[C@@H]1CCCN(CCOc2ccc3c(c2)OC(=Cc2ccc(OC)cc2)C3=O)C1. The summed E-state index contributed by atoms with van der Waals surface area (Å²) in [5.41, 5.74) is 1.38. The molecule has 1 saturated heterocycles. The number of ketones is 1. The molecule has 1 fully saturated rings. The summed E-state index contributed by atoms with van der Waals surface area (Å²) < 4.78 is 22.1. The Morgan fingerprint density at radius 1 is 1.18 bits per heavy atom. The molecule has 2 aliphatic rings. The van der Waals surface area contributed by atoms with Crippen LogP contribution in [0, 0.1) is 5.92 Å². The second kappa shape index (κ2) is 10.5. The molecule has 2 aromatic carbocycles. The maximum atomic E-state index is 12.7. The summed E-state index contributed by atoms with van der Waals surface area (Å²) in [7, 11) is 1.61. The van der Waals surface area contributed by atoms with Crippen molar-refractivity contribution < 1.29 is 28.5 Å². The number of carbonyl (C=O) groups excluding carboxylic acids is 2. The van der Waals surface area contributed by atoms with E-state index in [2.05, 4.69) is 4.90 Å². The third kappa shape index (κ3) is 5.54. The molecule has 0 amide bonds. The Morgan fingerprint density at radius 2 is 1.97 bits per heavy atom. The van der Waals surface area contributed by atoms with Crippen molar-refractivity contribution in [2.75, 3.05) is 40.0 Å². The van der Waals surface area contributed by atoms with Gasteiger partial charge in [0.2, 0.25) is 5.78 Å². The Hall–Kier alpha value is -3.32. The lowest BCUT2D eigenvalue weighted by molar-refractivity contribution is -0.150. The van der Waals surface area contributed by atoms with Gasteiger partial charge in [0.15, 0.2) is 5.76 Å². The number of hydrogen-bond acceptors (Lipinski definition) is 7. The molecule has 174 valence electrons. The number of carbonyl (C=O) groups is 2. The van der Waals surface area contributed by atoms with Crippen LogP contribution >= 0.6 is 0 Å². The van der Waals surface area contributed by atoms with E-state index in [0.717, 1.165) is 37.2 Å². The van der Waals surface area contributed by atoms with Crippen molar-refractivity contribution in [3.05, 3.63) is 59.4 Å². The van der Waals surface area contributed by atoms with Crippen LogP contribution in [0.3, 0.4) is 0 Å². The molecule has 0 unspecified atom stereocenters. The normalized spacial score (nSPS) is 19.2. The van der Waals surface area contributed by atoms with Gasteiger partial charge in [0.1, 0.15) is 23.9 Å². The number of fused-ring (bicyclic) bond motifs is 1. The van der Waals surface area contributed by atoms with E-state index in [9.17, 15) is 9.59 Å². The Morgan fingerprint density at radius 3 is 2.73 bits per heavy atom. The number of methoxy groups -OCH3 is 1. The average Bonchev–Trinajstić information content (AvgIpc) is 3.14. The predicted molar refractivity (Wildman–Crippen MR) is 124 cm³/mol. The number of benzene rings is 2. The summed E-state index contributed by atoms with van der Waals surface area (Å²) in [6, 6.07) is 12.7. The van der Waals surface area contributed by atoms with Crippen LogP contribution in [0.5, 0.6) is 17.2 Å². The highest BCUT2D eigenvalue weighted by Crippen LogP contribution is 2.35. The Labute approximate surface area is 193 Å². The van der Waals surface area contributed by atoms with Gasteiger partial charge in [-0.25, -0.2) is 0 Å². The Kier molecular flexibility index (Phi) is 7.29. The summed E-state index contributed by atoms with van der Waals surface area (Å²) in [6.45, 7) is 5.09. The van der Waals surface area contributed by atoms with Crippen molar-refractivity contribution in [3.63, 3.8) is 0 Å². The van der Waals surface area contributed by atoms with Crippen LogP contribution in [-0.4, -0.2) is 56.6 Å². The maximum Gasteiger partial charge on any atom is 0.310 e. The number of hydrogen-bond donors (Lipinski definition) is 0. The highest BCUT2D eigenvalue weighted by Gasteiger charge is 2.28. The van der Waals surface area contributed by atoms with Gasteiger partial charge in [-0.05, 0) is 62.2 Å². The van der Waals surface area contributed by atoms with Crippen LogP contribution in [0.1, 0.15) is 35.7 Å². The zero-order chi connectivity index (χ0) is 23.2. The van der Waals surface area contributed by atoms with Crippen molar-refractivity contribution in [2.24, 2.45) is 5.92 Å². The smallest absolute Gasteiger partial charge is 0.310 e. The van der Waals surface area contributed by atoms with Gasteiger partial charge < -0.3 is 18.9 Å². The summed E-state index contributed by atoms with van der Waals surface area (Å²) in [4.78, 5) is 26.9. The van der Waals surface area contributed by atoms with Gasteiger partial charge in [-0.1, -0.05) is 12.1 Å². The molecule has 0 spiro atoms. The molecule has 2 aliphatic heterocycles. The molecule has 7 heteroatoms. The standard InChI is InChI=1S/C26H29NO6/c1-3-31-26(29)19-5-4-12-27(17-19)13-14-32-21-10-11-22-23(16-21)33-24(25(22)28)15-18-6-8-20(30-2)9-7-18/h6-11,15-16,19H,3-5,12-14,17H2,1-2H3/t19-/m1/s1. The third-order valence-electron chi connectivity index (χ3n) is 5.86. The van der Waals surface area contributed by atoms with E-state index in [1.807, 2.05) is 31.2 Å². The molecule has 0 aromatic heterocycles. The van der Waals surface area contributed by atoms with Crippen molar-refractivity contribution in [2.45, 2.75) is 19.8 Å². The largest absolute Gasteiger partial charge is 0.497 e. The molecule has 0 radical (unpaired) electrons. The van der Waals surface area contributed by atoms with Crippen LogP contribution in [0.2, 0.25) is 0 Å². The molecule has 0 N–H and O–H groups in total. The summed E-state index contributed by atoms with van der Waals surface area (Å²) >= 11 is 0. The zero-order valence-corrected chi connectivity index (χ0v) is 19.0. The molecule has 2 heterocycles. The van der Waals surface area contributed by atoms with E-state index in [1.54, 1.807) is 31.4 Å². The molecule has 4 rings (SSSR count). The third-order valence-corrected chi connectivity index (χ3v) is 5.86. The van der Waals surface area contributed by atoms with Gasteiger partial charge in [-0.15, -0.1) is 0 Å². The highest BCUT2D eigenvalue weighted by atomic mass is 16.5. The monoisotopic (exact) mass is 451 g/mol. The molecule has 7 nitrogen and oxygen atoms in total. The average molecular weight is 452 g/mol. The molecule has 0 aliphatic carbocycles. The molecule has 0 bridgehead atoms. The second-order valence-electron chi connectivity index (χ2n) is 8.11. The van der Waals surface area contributed by atoms with Crippen molar-refractivity contribution in [3.8, 4) is 17.2 Å². The van der Waals surface area contributed by atoms with Crippen LogP contribution in [0.15, 0.2) is 48.2 Å². The first kappa shape index (κ1) is 22.9. The first-order valence-corrected chi connectivity index (χ1v) is 11.3. The number of likely N-dealkylation sites (tertiary alicyclic amines) is 1. The van der Waals surface area contributed by atoms with E-state index in [-0.39, 0.29) is 23.4 Å². The van der Waals surface area contributed by atoms with Gasteiger partial charge in [0.05, 0.1) is 25.2 Å². The van der Waals surface area contributed by atoms with Crippen molar-refractivity contribution in [1.29, 1.82) is 0 Å². The number of rotatable bonds is 8. The van der Waals surface area contributed by atoms with E-state index in [0.29, 0.717) is 36.8 Å². The minimum Gasteiger partial charge on any atom is -0.497 e. The van der Waals surface area contributed by atoms with Gasteiger partial charge in [0, 0.05) is 19.2 Å². The summed E-state index contributed by atoms with van der Waals surface area (Å²) in [6.07, 6.45) is 3.57. The summed E-state index contributed by atoms with van der Waals surface area (Å²) in [5.74, 6) is 1.86. The Bertz CT molecular complexity index is 1030. The number of Topliss-reactive ketones (excluding diaryl/α,β-unsaturated/α-hetero) is 1. The Balaban J connectivity index is 1.32. The van der Waals surface area contributed by atoms with E-state index >= 15 is 0 Å². The molecule has 2 aromatic rings. The van der Waals surface area contributed by atoms with Crippen molar-refractivity contribution >= 4 is 17.8 Å². The number of piperidine rings is 1. The minimum atomic E-state index is -0.148. The minimum absolute atomic E-state index is 0.0611. The van der Waals surface area contributed by atoms with Gasteiger partial charge >= 0.3 is 5.97 Å². The van der Waals surface area contributed by atoms with Crippen LogP contribution in [0.4, 0.5) is 0 Å². The lowest BCUT2D eigenvalue weighted by atomic mass is 9.98. The molecule has 1 atom stereocenters. The van der Waals surface area contributed by atoms with Crippen LogP contribution < -0.4 is 14.2 Å². The maximum absolute atomic E-state index is 12.7. The quantitative estimate of drug-likeness (QED) is 0.444. The molecular weight excluding hydrogens is 422 g/mol. The van der Waals surface area contributed by atoms with Gasteiger partial charge in [0.25, 0.3) is 0 Å². The lowest BCUT2D eigenvalue weighted by Gasteiger charge is -2.31. The topological polar surface area (TPSA) is 74.3 Å². The highest BCUT2D eigenvalue weighted by molar-refractivity contribution is 6.14. The number of esters is 1. The zero-order valence-electron chi connectivity index (χ0n) is 19.0. The first-order valence-electron chi connectivity index (χ1n) is 11.3. The van der Waals surface area contributed by atoms with Crippen LogP contribution in [-0.2, 0) is 9.53 Å². The molecular formula is C26H29NO6. The first-order chi connectivity index (χ1) is 16.1. The van der Waals surface area contributed by atoms with Gasteiger partial charge in [-0.3, -0.25) is 14.5 Å². The fraction of sp³-hybridized carbons (Fsp3) is 0.385. The summed E-state index contributed by atoms with van der Waals surface area (Å²) in [5, 5.41) is 0. The molecule has 0 saturated carbocycles. The predicted octanol–water partition coefficient (Wildman–Crippen LogP) is 3.97. The second-order valence-corrected chi connectivity index (χ2v) is 8.11. The number of nitrogens with zero attached hydrogens (tertiary/aromatic N) is 1. The number of ether oxygens (including phenoxy) is 4. The van der Waals surface area contributed by atoms with Gasteiger partial charge in [-0.2, -0.15) is 0 Å². The van der Waals surface area contributed by atoms with E-state index < -0.39 is 0 Å². The van der Waals surface area contributed by atoms with E-state index in [4.69, 9.17) is 18.9 Å².